The number of carbonyl (C=O) groups excluding carboxylic acids is 1. The molecule has 0 bridgehead atoms. The molecule has 0 aromatic heterocycles. The number of carbonyl (C=O) groups is 1. The van der Waals surface area contributed by atoms with Gasteiger partial charge in [-0.05, 0) is 46.3 Å². The normalized spacial score (nSPS) is 19.8. The van der Waals surface area contributed by atoms with Gasteiger partial charge in [-0.15, -0.1) is 0 Å². The Kier molecular flexibility index (Phi) is 4.16. The van der Waals surface area contributed by atoms with Gasteiger partial charge in [-0.2, -0.15) is 11.8 Å². The average molecular weight is 321 g/mol. The third-order valence-electron chi connectivity index (χ3n) is 2.44. The van der Waals surface area contributed by atoms with Crippen LogP contribution in [0.3, 0.4) is 0 Å². The van der Waals surface area contributed by atoms with Crippen LogP contribution in [0.1, 0.15) is 16.8 Å². The van der Waals surface area contributed by atoms with Crippen LogP contribution >= 0.6 is 39.3 Å². The summed E-state index contributed by atoms with van der Waals surface area (Å²) in [5.41, 5.74) is 0.601. The first-order valence-corrected chi connectivity index (χ1v) is 7.33. The van der Waals surface area contributed by atoms with Gasteiger partial charge in [0, 0.05) is 21.3 Å². The lowest BCUT2D eigenvalue weighted by Crippen LogP contribution is -2.34. The largest absolute Gasteiger partial charge is 0.348 e. The van der Waals surface area contributed by atoms with Gasteiger partial charge >= 0.3 is 0 Å². The Bertz CT molecular complexity index is 407. The Labute approximate surface area is 112 Å². The molecule has 16 heavy (non-hydrogen) atoms. The minimum absolute atomic E-state index is 0.0538. The summed E-state index contributed by atoms with van der Waals surface area (Å²) in [6.45, 7) is 0. The predicted octanol–water partition coefficient (Wildman–Crippen LogP) is 3.34. The van der Waals surface area contributed by atoms with Crippen molar-refractivity contribution in [1.82, 2.24) is 5.32 Å². The number of amides is 1. The van der Waals surface area contributed by atoms with E-state index in [-0.39, 0.29) is 5.91 Å². The van der Waals surface area contributed by atoms with Gasteiger partial charge in [-0.1, -0.05) is 11.6 Å². The molecule has 1 N–H and O–H groups in total. The Morgan fingerprint density at radius 1 is 1.56 bits per heavy atom. The second-order valence-corrected chi connectivity index (χ2v) is 6.10. The molecule has 86 valence electrons. The molecule has 0 saturated carbocycles. The van der Waals surface area contributed by atoms with Crippen molar-refractivity contribution in [3.63, 3.8) is 0 Å². The lowest BCUT2D eigenvalue weighted by Gasteiger charge is -2.12. The van der Waals surface area contributed by atoms with Gasteiger partial charge in [-0.3, -0.25) is 4.79 Å². The molecule has 1 amide bonds. The van der Waals surface area contributed by atoms with Crippen molar-refractivity contribution in [2.45, 2.75) is 12.5 Å². The van der Waals surface area contributed by atoms with E-state index in [0.29, 0.717) is 16.6 Å². The number of halogens is 2. The summed E-state index contributed by atoms with van der Waals surface area (Å²) < 4.78 is 0.778. The minimum Gasteiger partial charge on any atom is -0.348 e. The summed E-state index contributed by atoms with van der Waals surface area (Å²) in [5.74, 6) is 2.08. The van der Waals surface area contributed by atoms with E-state index in [4.69, 9.17) is 11.6 Å². The first kappa shape index (κ1) is 12.3. The summed E-state index contributed by atoms with van der Waals surface area (Å²) >= 11 is 11.1. The average Bonchev–Trinajstić information content (AvgIpc) is 2.74. The molecule has 2 rings (SSSR count). The minimum atomic E-state index is -0.0538. The van der Waals surface area contributed by atoms with Gasteiger partial charge in [-0.25, -0.2) is 0 Å². The number of hydrogen-bond acceptors (Lipinski definition) is 2. The zero-order valence-corrected chi connectivity index (χ0v) is 11.7. The van der Waals surface area contributed by atoms with Crippen LogP contribution in [-0.4, -0.2) is 23.5 Å². The number of rotatable bonds is 2. The topological polar surface area (TPSA) is 29.1 Å². The molecule has 1 atom stereocenters. The molecule has 1 aromatic rings. The Balaban J connectivity index is 2.10. The molecule has 0 radical (unpaired) electrons. The molecule has 0 spiro atoms. The van der Waals surface area contributed by atoms with Crippen LogP contribution in [-0.2, 0) is 0 Å². The van der Waals surface area contributed by atoms with E-state index < -0.39 is 0 Å². The molecular formula is C11H11BrClNOS. The number of thioether (sulfide) groups is 1. The summed E-state index contributed by atoms with van der Waals surface area (Å²) in [7, 11) is 0. The summed E-state index contributed by atoms with van der Waals surface area (Å²) in [6, 6.07) is 5.53. The van der Waals surface area contributed by atoms with Crippen molar-refractivity contribution in [2.75, 3.05) is 11.5 Å². The zero-order chi connectivity index (χ0) is 11.5. The van der Waals surface area contributed by atoms with Crippen LogP contribution in [0.25, 0.3) is 0 Å². The molecule has 1 aliphatic heterocycles. The van der Waals surface area contributed by atoms with Crippen LogP contribution in [0.5, 0.6) is 0 Å². The SMILES string of the molecule is O=C(NC1CCSC1)c1cc(Cl)ccc1Br. The lowest BCUT2D eigenvalue weighted by atomic mass is 10.2. The molecule has 1 fully saturated rings. The fourth-order valence-corrected chi connectivity index (χ4v) is 3.33. The zero-order valence-electron chi connectivity index (χ0n) is 8.50. The molecule has 1 unspecified atom stereocenters. The second-order valence-electron chi connectivity index (χ2n) is 3.66. The number of benzene rings is 1. The van der Waals surface area contributed by atoms with Crippen molar-refractivity contribution in [1.29, 1.82) is 0 Å². The fourth-order valence-electron chi connectivity index (χ4n) is 1.58. The highest BCUT2D eigenvalue weighted by Gasteiger charge is 2.19. The molecule has 1 heterocycles. The first-order valence-electron chi connectivity index (χ1n) is 5.00. The Morgan fingerprint density at radius 3 is 3.06 bits per heavy atom. The highest BCUT2D eigenvalue weighted by atomic mass is 79.9. The summed E-state index contributed by atoms with van der Waals surface area (Å²) in [6.07, 6.45) is 1.05. The molecule has 5 heteroatoms. The monoisotopic (exact) mass is 319 g/mol. The van der Waals surface area contributed by atoms with Crippen molar-refractivity contribution < 1.29 is 4.79 Å². The maximum atomic E-state index is 12.0. The van der Waals surface area contributed by atoms with E-state index in [2.05, 4.69) is 21.2 Å². The highest BCUT2D eigenvalue weighted by molar-refractivity contribution is 9.10. The van der Waals surface area contributed by atoms with Crippen molar-refractivity contribution >= 4 is 45.2 Å². The van der Waals surface area contributed by atoms with E-state index in [0.717, 1.165) is 22.4 Å². The van der Waals surface area contributed by atoms with E-state index >= 15 is 0 Å². The quantitative estimate of drug-likeness (QED) is 0.905. The van der Waals surface area contributed by atoms with Crippen molar-refractivity contribution in [2.24, 2.45) is 0 Å². The molecule has 0 aliphatic carbocycles. The van der Waals surface area contributed by atoms with E-state index in [9.17, 15) is 4.79 Å². The highest BCUT2D eigenvalue weighted by Crippen LogP contribution is 2.22. The van der Waals surface area contributed by atoms with Gasteiger partial charge in [0.15, 0.2) is 0 Å². The van der Waals surface area contributed by atoms with Crippen LogP contribution in [0, 0.1) is 0 Å². The lowest BCUT2D eigenvalue weighted by molar-refractivity contribution is 0.0940. The van der Waals surface area contributed by atoms with Crippen LogP contribution < -0.4 is 5.32 Å². The third-order valence-corrected chi connectivity index (χ3v) is 4.53. The van der Waals surface area contributed by atoms with E-state index in [1.807, 2.05) is 11.8 Å². The standard InChI is InChI=1S/C11H11BrClNOS/c12-10-2-1-7(13)5-9(10)11(15)14-8-3-4-16-6-8/h1-2,5,8H,3-4,6H2,(H,14,15). The maximum absolute atomic E-state index is 12.0. The van der Waals surface area contributed by atoms with Gasteiger partial charge in [0.1, 0.15) is 0 Å². The molecule has 1 aliphatic rings. The van der Waals surface area contributed by atoms with E-state index in [1.165, 1.54) is 0 Å². The van der Waals surface area contributed by atoms with Gasteiger partial charge in [0.2, 0.25) is 0 Å². The van der Waals surface area contributed by atoms with Crippen LogP contribution in [0.4, 0.5) is 0 Å². The first-order chi connectivity index (χ1) is 7.66. The van der Waals surface area contributed by atoms with Crippen LogP contribution in [0.15, 0.2) is 22.7 Å². The summed E-state index contributed by atoms with van der Waals surface area (Å²) in [5, 5.41) is 3.59. The molecule has 1 aromatic carbocycles. The van der Waals surface area contributed by atoms with Crippen molar-refractivity contribution in [3.8, 4) is 0 Å². The maximum Gasteiger partial charge on any atom is 0.252 e. The molecular weight excluding hydrogens is 310 g/mol. The summed E-state index contributed by atoms with van der Waals surface area (Å²) in [4.78, 5) is 12.0. The number of nitrogens with one attached hydrogen (secondary N) is 1. The van der Waals surface area contributed by atoms with E-state index in [1.54, 1.807) is 18.2 Å². The fraction of sp³-hybridized carbons (Fsp3) is 0.364. The van der Waals surface area contributed by atoms with Crippen LogP contribution in [0.2, 0.25) is 5.02 Å². The van der Waals surface area contributed by atoms with Gasteiger partial charge < -0.3 is 5.32 Å². The molecule has 1 saturated heterocycles. The predicted molar refractivity (Wildman–Crippen MR) is 72.3 cm³/mol. The number of hydrogen-bond donors (Lipinski definition) is 1. The van der Waals surface area contributed by atoms with Gasteiger partial charge in [0.05, 0.1) is 5.56 Å². The van der Waals surface area contributed by atoms with Crippen molar-refractivity contribution in [3.05, 3.63) is 33.3 Å². The Hall–Kier alpha value is -0.190. The Morgan fingerprint density at radius 2 is 2.38 bits per heavy atom. The smallest absolute Gasteiger partial charge is 0.252 e. The van der Waals surface area contributed by atoms with Gasteiger partial charge in [0.25, 0.3) is 5.91 Å². The second kappa shape index (κ2) is 5.43. The molecule has 2 nitrogen and oxygen atoms in total. The third kappa shape index (κ3) is 2.93.